The summed E-state index contributed by atoms with van der Waals surface area (Å²) < 4.78 is 15.1. The zero-order valence-electron chi connectivity index (χ0n) is 17.9. The number of hydrogen-bond donors (Lipinski definition) is 0. The maximum Gasteiger partial charge on any atom is 0.168 e. The Bertz CT molecular complexity index is 753. The van der Waals surface area contributed by atoms with Gasteiger partial charge >= 0.3 is 0 Å². The van der Waals surface area contributed by atoms with Gasteiger partial charge in [0.1, 0.15) is 5.82 Å². The molecule has 1 saturated heterocycles. The zero-order chi connectivity index (χ0) is 20.1. The molecule has 1 atom stereocenters. The first-order chi connectivity index (χ1) is 14.2. The zero-order valence-corrected chi connectivity index (χ0v) is 18.6. The second kappa shape index (κ2) is 11.2. The van der Waals surface area contributed by atoms with Crippen molar-refractivity contribution in [1.29, 1.82) is 0 Å². The smallest absolute Gasteiger partial charge is 0.168 e. The monoisotopic (exact) mass is 435 g/mol. The van der Waals surface area contributed by atoms with Crippen molar-refractivity contribution in [3.05, 3.63) is 41.5 Å². The lowest BCUT2D eigenvalue weighted by atomic mass is 9.93. The minimum atomic E-state index is -0.217. The molecule has 4 rings (SSSR count). The van der Waals surface area contributed by atoms with Crippen LogP contribution < -0.4 is 12.4 Å². The summed E-state index contributed by atoms with van der Waals surface area (Å²) >= 11 is 0. The van der Waals surface area contributed by atoms with Crippen molar-refractivity contribution in [2.45, 2.75) is 70.5 Å². The van der Waals surface area contributed by atoms with Crippen LogP contribution in [0.25, 0.3) is 0 Å². The Morgan fingerprint density at radius 2 is 1.73 bits per heavy atom. The van der Waals surface area contributed by atoms with E-state index in [1.165, 1.54) is 44.2 Å². The van der Waals surface area contributed by atoms with E-state index in [-0.39, 0.29) is 24.3 Å². The molecule has 2 heterocycles. The third kappa shape index (κ3) is 5.56. The Morgan fingerprint density at radius 3 is 2.40 bits per heavy atom. The van der Waals surface area contributed by atoms with E-state index in [2.05, 4.69) is 32.2 Å². The van der Waals surface area contributed by atoms with Gasteiger partial charge in [0, 0.05) is 32.2 Å². The standard InChI is InChI=1S/C22H33FN6.ClH/c1-2-6-21(28-15-13-27(14-16-28)20-7-4-3-5-8-20)22-24-25-26-29(22)17-18-9-11-19(23)12-10-18;/h9-12,20-21H,2-8,13-17H2,1H3;1H/p-1. The highest BCUT2D eigenvalue weighted by molar-refractivity contribution is 5.16. The summed E-state index contributed by atoms with van der Waals surface area (Å²) in [5, 5.41) is 12.6. The Hall–Kier alpha value is -1.57. The fourth-order valence-electron chi connectivity index (χ4n) is 4.93. The molecule has 2 aliphatic rings. The predicted octanol–water partition coefficient (Wildman–Crippen LogP) is 0.656. The van der Waals surface area contributed by atoms with Crippen molar-refractivity contribution in [3.8, 4) is 0 Å². The molecule has 0 amide bonds. The van der Waals surface area contributed by atoms with Crippen molar-refractivity contribution < 1.29 is 16.8 Å². The van der Waals surface area contributed by atoms with E-state index in [1.54, 1.807) is 12.1 Å². The van der Waals surface area contributed by atoms with Crippen LogP contribution in [0.4, 0.5) is 4.39 Å². The van der Waals surface area contributed by atoms with Gasteiger partial charge in [-0.3, -0.25) is 9.80 Å². The predicted molar refractivity (Wildman–Crippen MR) is 111 cm³/mol. The molecule has 1 aliphatic heterocycles. The highest BCUT2D eigenvalue weighted by Crippen LogP contribution is 2.28. The number of tetrazole rings is 1. The minimum absolute atomic E-state index is 0. The Labute approximate surface area is 185 Å². The molecular weight excluding hydrogens is 403 g/mol. The minimum Gasteiger partial charge on any atom is -1.00 e. The van der Waals surface area contributed by atoms with Gasteiger partial charge in [-0.25, -0.2) is 9.07 Å². The highest BCUT2D eigenvalue weighted by Gasteiger charge is 2.31. The number of benzene rings is 1. The molecule has 2 fully saturated rings. The maximum absolute atomic E-state index is 13.2. The first-order valence-corrected chi connectivity index (χ1v) is 11.2. The molecule has 1 unspecified atom stereocenters. The first-order valence-electron chi connectivity index (χ1n) is 11.2. The number of hydrogen-bond acceptors (Lipinski definition) is 5. The van der Waals surface area contributed by atoms with Gasteiger partial charge in [-0.2, -0.15) is 0 Å². The van der Waals surface area contributed by atoms with Crippen LogP contribution in [-0.4, -0.2) is 62.2 Å². The summed E-state index contributed by atoms with van der Waals surface area (Å²) in [7, 11) is 0. The molecule has 30 heavy (non-hydrogen) atoms. The lowest BCUT2D eigenvalue weighted by Crippen LogP contribution is -3.00. The molecule has 6 nitrogen and oxygen atoms in total. The Balaban J connectivity index is 0.00000256. The van der Waals surface area contributed by atoms with Gasteiger partial charge in [0.05, 0.1) is 12.6 Å². The summed E-state index contributed by atoms with van der Waals surface area (Å²) in [6.45, 7) is 7.23. The van der Waals surface area contributed by atoms with Crippen molar-refractivity contribution in [1.82, 2.24) is 30.0 Å². The average molecular weight is 436 g/mol. The quantitative estimate of drug-likeness (QED) is 0.639. The molecular formula is C22H33ClFN6-. The molecule has 166 valence electrons. The number of rotatable bonds is 7. The van der Waals surface area contributed by atoms with Crippen molar-refractivity contribution in [2.24, 2.45) is 0 Å². The van der Waals surface area contributed by atoms with Gasteiger partial charge in [0.25, 0.3) is 0 Å². The van der Waals surface area contributed by atoms with E-state index in [1.807, 2.05) is 4.68 Å². The average Bonchev–Trinajstić information content (AvgIpc) is 3.22. The number of nitrogens with zero attached hydrogens (tertiary/aromatic N) is 6. The van der Waals surface area contributed by atoms with Crippen LogP contribution >= 0.6 is 0 Å². The molecule has 1 aromatic carbocycles. The number of aromatic nitrogens is 4. The van der Waals surface area contributed by atoms with Crippen LogP contribution in [-0.2, 0) is 6.54 Å². The van der Waals surface area contributed by atoms with Crippen LogP contribution in [0.2, 0.25) is 0 Å². The number of halogens is 2. The Kier molecular flexibility index (Phi) is 8.60. The van der Waals surface area contributed by atoms with Gasteiger partial charge in [0.2, 0.25) is 0 Å². The lowest BCUT2D eigenvalue weighted by molar-refractivity contribution is -0.00000692. The summed E-state index contributed by atoms with van der Waals surface area (Å²) in [6, 6.07) is 7.63. The van der Waals surface area contributed by atoms with E-state index >= 15 is 0 Å². The topological polar surface area (TPSA) is 50.1 Å². The molecule has 2 aromatic rings. The maximum atomic E-state index is 13.2. The van der Waals surface area contributed by atoms with Gasteiger partial charge < -0.3 is 12.4 Å². The van der Waals surface area contributed by atoms with Gasteiger partial charge in [-0.05, 0) is 47.4 Å². The molecule has 0 radical (unpaired) electrons. The van der Waals surface area contributed by atoms with E-state index in [4.69, 9.17) is 0 Å². The van der Waals surface area contributed by atoms with E-state index < -0.39 is 0 Å². The van der Waals surface area contributed by atoms with Gasteiger partial charge in [-0.1, -0.05) is 44.7 Å². The van der Waals surface area contributed by atoms with Crippen molar-refractivity contribution >= 4 is 0 Å². The van der Waals surface area contributed by atoms with Crippen LogP contribution in [0.5, 0.6) is 0 Å². The van der Waals surface area contributed by atoms with E-state index in [0.717, 1.165) is 56.5 Å². The SMILES string of the molecule is CCCC(c1nnnn1Cc1ccc(F)cc1)N1CCN(C2CCCCC2)CC1.[Cl-]. The normalized spacial score (nSPS) is 20.1. The fraction of sp³-hybridized carbons (Fsp3) is 0.682. The summed E-state index contributed by atoms with van der Waals surface area (Å²) in [5.74, 6) is 0.715. The molecule has 1 saturated carbocycles. The van der Waals surface area contributed by atoms with Crippen molar-refractivity contribution in [3.63, 3.8) is 0 Å². The number of piperazine rings is 1. The van der Waals surface area contributed by atoms with Crippen LogP contribution in [0, 0.1) is 5.82 Å². The second-order valence-corrected chi connectivity index (χ2v) is 8.49. The third-order valence-corrected chi connectivity index (χ3v) is 6.55. The molecule has 8 heteroatoms. The summed E-state index contributed by atoms with van der Waals surface area (Å²) in [5.41, 5.74) is 1.01. The van der Waals surface area contributed by atoms with Gasteiger partial charge in [-0.15, -0.1) is 5.10 Å². The Morgan fingerprint density at radius 1 is 1.03 bits per heavy atom. The van der Waals surface area contributed by atoms with Crippen LogP contribution in [0.3, 0.4) is 0 Å². The first kappa shape index (κ1) is 23.1. The van der Waals surface area contributed by atoms with Gasteiger partial charge in [0.15, 0.2) is 5.82 Å². The second-order valence-electron chi connectivity index (χ2n) is 8.49. The van der Waals surface area contributed by atoms with Crippen LogP contribution in [0.15, 0.2) is 24.3 Å². The van der Waals surface area contributed by atoms with Crippen LogP contribution in [0.1, 0.15) is 69.3 Å². The molecule has 1 aliphatic carbocycles. The highest BCUT2D eigenvalue weighted by atomic mass is 35.5. The third-order valence-electron chi connectivity index (χ3n) is 6.55. The summed E-state index contributed by atoms with van der Waals surface area (Å²) in [4.78, 5) is 5.27. The largest absolute Gasteiger partial charge is 1.00 e. The molecule has 0 spiro atoms. The molecule has 0 N–H and O–H groups in total. The van der Waals surface area contributed by atoms with E-state index in [9.17, 15) is 4.39 Å². The molecule has 1 aromatic heterocycles. The summed E-state index contributed by atoms with van der Waals surface area (Å²) in [6.07, 6.45) is 9.07. The molecule has 0 bridgehead atoms. The van der Waals surface area contributed by atoms with Crippen molar-refractivity contribution in [2.75, 3.05) is 26.2 Å². The lowest BCUT2D eigenvalue weighted by Gasteiger charge is -2.43. The van der Waals surface area contributed by atoms with E-state index in [0.29, 0.717) is 6.54 Å². The fourth-order valence-corrected chi connectivity index (χ4v) is 4.93.